The Hall–Kier alpha value is -3.06. The molecule has 0 aliphatic carbocycles. The molecule has 6 N–H and O–H groups in total. The highest BCUT2D eigenvalue weighted by Crippen LogP contribution is 2.18. The highest BCUT2D eigenvalue weighted by molar-refractivity contribution is 6.05. The van der Waals surface area contributed by atoms with Gasteiger partial charge in [0.1, 0.15) is 6.61 Å². The molecule has 0 bridgehead atoms. The van der Waals surface area contributed by atoms with Crippen LogP contribution in [0.3, 0.4) is 0 Å². The van der Waals surface area contributed by atoms with E-state index in [0.717, 1.165) is 11.1 Å². The summed E-state index contributed by atoms with van der Waals surface area (Å²) in [6.45, 7) is 1.05. The van der Waals surface area contributed by atoms with Crippen LogP contribution in [0.4, 0.5) is 0 Å². The Labute approximate surface area is 172 Å². The number of benzene rings is 2. The maximum atomic E-state index is 12.3. The summed E-state index contributed by atoms with van der Waals surface area (Å²) in [5.41, 5.74) is 4.18. The largest absolute Gasteiger partial charge is 0.478 e. The summed E-state index contributed by atoms with van der Waals surface area (Å²) in [5, 5.41) is 20.4. The molecule has 0 heterocycles. The molecule has 0 aliphatic rings. The molecule has 11 heteroatoms. The SMILES string of the molecule is NOOc1ccc(C(=O)O)c(C(=O)NCCCNOCc2ccccc2COO)c1. The first-order valence-corrected chi connectivity index (χ1v) is 8.93. The van der Waals surface area contributed by atoms with Crippen LogP contribution in [-0.4, -0.2) is 35.3 Å². The molecule has 0 atom stereocenters. The molecule has 2 aromatic carbocycles. The fourth-order valence-electron chi connectivity index (χ4n) is 2.57. The number of amides is 1. The van der Waals surface area contributed by atoms with Gasteiger partial charge in [0.15, 0.2) is 5.75 Å². The molecule has 0 radical (unpaired) electrons. The Morgan fingerprint density at radius 2 is 1.73 bits per heavy atom. The van der Waals surface area contributed by atoms with E-state index in [1.165, 1.54) is 18.2 Å². The molecule has 0 aliphatic heterocycles. The topological polar surface area (TPSA) is 162 Å². The lowest BCUT2D eigenvalue weighted by Gasteiger charge is -2.11. The summed E-state index contributed by atoms with van der Waals surface area (Å²) in [6, 6.07) is 11.1. The number of hydrogen-bond acceptors (Lipinski definition) is 9. The van der Waals surface area contributed by atoms with Crippen LogP contribution in [0.2, 0.25) is 0 Å². The zero-order valence-electron chi connectivity index (χ0n) is 16.0. The van der Waals surface area contributed by atoms with Crippen molar-refractivity contribution in [3.63, 3.8) is 0 Å². The van der Waals surface area contributed by atoms with Crippen molar-refractivity contribution in [1.29, 1.82) is 0 Å². The van der Waals surface area contributed by atoms with Crippen LogP contribution in [0.15, 0.2) is 42.5 Å². The van der Waals surface area contributed by atoms with Gasteiger partial charge in [0.05, 0.1) is 17.7 Å². The summed E-state index contributed by atoms with van der Waals surface area (Å²) in [7, 11) is 0. The Bertz CT molecular complexity index is 846. The number of carbonyl (C=O) groups is 2. The van der Waals surface area contributed by atoms with E-state index in [2.05, 4.69) is 25.6 Å². The third-order valence-corrected chi connectivity index (χ3v) is 4.02. The first-order valence-electron chi connectivity index (χ1n) is 8.93. The molecule has 0 aromatic heterocycles. The second-order valence-corrected chi connectivity index (χ2v) is 6.03. The van der Waals surface area contributed by atoms with Crippen molar-refractivity contribution in [3.8, 4) is 5.75 Å². The van der Waals surface area contributed by atoms with Gasteiger partial charge in [0, 0.05) is 13.1 Å². The van der Waals surface area contributed by atoms with Gasteiger partial charge in [0.25, 0.3) is 5.91 Å². The molecule has 0 saturated heterocycles. The summed E-state index contributed by atoms with van der Waals surface area (Å²) >= 11 is 0. The molecule has 162 valence electrons. The maximum Gasteiger partial charge on any atom is 0.336 e. The van der Waals surface area contributed by atoms with Crippen molar-refractivity contribution >= 4 is 11.9 Å². The number of hydrogen-bond donors (Lipinski definition) is 5. The number of rotatable bonds is 13. The average Bonchev–Trinajstić information content (AvgIpc) is 2.74. The van der Waals surface area contributed by atoms with E-state index < -0.39 is 11.9 Å². The lowest BCUT2D eigenvalue weighted by Crippen LogP contribution is -2.28. The quantitative estimate of drug-likeness (QED) is 0.182. The van der Waals surface area contributed by atoms with Crippen molar-refractivity contribution < 1.29 is 39.6 Å². The number of carboxylic acids is 1. The van der Waals surface area contributed by atoms with Crippen LogP contribution < -0.4 is 21.6 Å². The van der Waals surface area contributed by atoms with Gasteiger partial charge in [-0.15, -0.1) is 0 Å². The van der Waals surface area contributed by atoms with Crippen LogP contribution in [-0.2, 0) is 27.9 Å². The predicted molar refractivity (Wildman–Crippen MR) is 103 cm³/mol. The summed E-state index contributed by atoms with van der Waals surface area (Å²) in [6.07, 6.45) is 0.525. The summed E-state index contributed by atoms with van der Waals surface area (Å²) in [5.74, 6) is 3.08. The van der Waals surface area contributed by atoms with Gasteiger partial charge < -0.3 is 15.3 Å². The van der Waals surface area contributed by atoms with Crippen LogP contribution in [0.5, 0.6) is 5.75 Å². The van der Waals surface area contributed by atoms with Crippen LogP contribution in [0.1, 0.15) is 38.3 Å². The fourth-order valence-corrected chi connectivity index (χ4v) is 2.57. The number of nitrogens with two attached hydrogens (primary N) is 1. The highest BCUT2D eigenvalue weighted by atomic mass is 17.3. The molecular formula is C19H23N3O8. The minimum absolute atomic E-state index is 0.0630. The van der Waals surface area contributed by atoms with Crippen molar-refractivity contribution in [2.75, 3.05) is 13.1 Å². The van der Waals surface area contributed by atoms with Gasteiger partial charge in [-0.05, 0) is 35.7 Å². The smallest absolute Gasteiger partial charge is 0.336 e. The number of carbonyl (C=O) groups excluding carboxylic acids is 1. The molecule has 1 amide bonds. The van der Waals surface area contributed by atoms with E-state index in [1.807, 2.05) is 24.3 Å². The first kappa shape index (κ1) is 23.2. The third kappa shape index (κ3) is 7.08. The number of nitrogens with one attached hydrogen (secondary N) is 2. The fraction of sp³-hybridized carbons (Fsp3) is 0.263. The zero-order valence-corrected chi connectivity index (χ0v) is 16.0. The second kappa shape index (κ2) is 12.5. The Morgan fingerprint density at radius 1 is 1.00 bits per heavy atom. The van der Waals surface area contributed by atoms with Crippen molar-refractivity contribution in [2.24, 2.45) is 5.90 Å². The average molecular weight is 421 g/mol. The lowest BCUT2D eigenvalue weighted by atomic mass is 10.1. The van der Waals surface area contributed by atoms with Crippen LogP contribution in [0.25, 0.3) is 0 Å². The standard InChI is InChI=1S/C19H23N3O8/c20-30-29-15-6-7-16(19(24)25)17(10-15)18(23)21-8-3-9-22-27-11-13-4-1-2-5-14(13)12-28-26/h1-2,4-7,10,22,26H,3,8-9,11-12,20H2,(H,21,23)(H,24,25). The first-order chi connectivity index (χ1) is 14.6. The van der Waals surface area contributed by atoms with E-state index in [9.17, 15) is 14.7 Å². The van der Waals surface area contributed by atoms with Gasteiger partial charge in [0.2, 0.25) is 0 Å². The molecule has 30 heavy (non-hydrogen) atoms. The van der Waals surface area contributed by atoms with Gasteiger partial charge in [-0.3, -0.25) is 14.9 Å². The van der Waals surface area contributed by atoms with Gasteiger partial charge in [-0.2, -0.15) is 5.90 Å². The lowest BCUT2D eigenvalue weighted by molar-refractivity contribution is -0.253. The minimum atomic E-state index is -1.25. The van der Waals surface area contributed by atoms with Gasteiger partial charge >= 0.3 is 5.97 Å². The molecule has 0 unspecified atom stereocenters. The Kier molecular flexibility index (Phi) is 9.67. The predicted octanol–water partition coefficient (Wildman–Crippen LogP) is 1.40. The molecule has 11 nitrogen and oxygen atoms in total. The molecule has 0 spiro atoms. The zero-order chi connectivity index (χ0) is 21.8. The molecule has 2 rings (SSSR count). The van der Waals surface area contributed by atoms with Crippen LogP contribution in [0, 0.1) is 0 Å². The summed E-state index contributed by atoms with van der Waals surface area (Å²) in [4.78, 5) is 41.8. The summed E-state index contributed by atoms with van der Waals surface area (Å²) < 4.78 is 0. The van der Waals surface area contributed by atoms with Crippen molar-refractivity contribution in [2.45, 2.75) is 19.6 Å². The second-order valence-electron chi connectivity index (χ2n) is 6.03. The third-order valence-electron chi connectivity index (χ3n) is 4.02. The maximum absolute atomic E-state index is 12.3. The van der Waals surface area contributed by atoms with Crippen LogP contribution >= 0.6 is 0 Å². The minimum Gasteiger partial charge on any atom is -0.478 e. The van der Waals surface area contributed by atoms with E-state index in [0.29, 0.717) is 13.0 Å². The van der Waals surface area contributed by atoms with E-state index in [-0.39, 0.29) is 36.6 Å². The number of aromatic carboxylic acids is 1. The molecule has 0 saturated carbocycles. The Balaban J connectivity index is 1.75. The van der Waals surface area contributed by atoms with Gasteiger partial charge in [-0.1, -0.05) is 29.3 Å². The van der Waals surface area contributed by atoms with E-state index in [4.69, 9.17) is 16.0 Å². The molecule has 0 fully saturated rings. The van der Waals surface area contributed by atoms with Crippen molar-refractivity contribution in [3.05, 3.63) is 64.7 Å². The van der Waals surface area contributed by atoms with Crippen molar-refractivity contribution in [1.82, 2.24) is 10.8 Å². The molecular weight excluding hydrogens is 398 g/mol. The molecule has 2 aromatic rings. The monoisotopic (exact) mass is 421 g/mol. The van der Waals surface area contributed by atoms with E-state index in [1.54, 1.807) is 0 Å². The number of carboxylic acid groups (broad SMARTS) is 1. The van der Waals surface area contributed by atoms with E-state index >= 15 is 0 Å². The number of hydroxylamine groups is 1. The van der Waals surface area contributed by atoms with Gasteiger partial charge in [-0.25, -0.2) is 15.2 Å². The normalized spacial score (nSPS) is 10.6. The Morgan fingerprint density at radius 3 is 2.40 bits per heavy atom. The highest BCUT2D eigenvalue weighted by Gasteiger charge is 2.17.